The Balaban J connectivity index is 1.87. The first-order valence-corrected chi connectivity index (χ1v) is 7.24. The van der Waals surface area contributed by atoms with Gasteiger partial charge in [-0.05, 0) is 37.0 Å². The number of β-amino-alcohol motifs (C(OH)–C–C–N with tert-alkyl or cyclic N) is 2. The van der Waals surface area contributed by atoms with E-state index in [1.165, 1.54) is 0 Å². The average molecular weight is 257 g/mol. The van der Waals surface area contributed by atoms with Crippen LogP contribution in [0.2, 0.25) is 0 Å². The van der Waals surface area contributed by atoms with Gasteiger partial charge in [0.1, 0.15) is 0 Å². The minimum atomic E-state index is -0.619. The third-order valence-corrected chi connectivity index (χ3v) is 4.75. The highest BCUT2D eigenvalue weighted by molar-refractivity contribution is 4.88. The van der Waals surface area contributed by atoms with Crippen LogP contribution in [-0.4, -0.2) is 58.2 Å². The molecule has 5 atom stereocenters. The molecule has 2 rings (SSSR count). The molecule has 106 valence electrons. The zero-order chi connectivity index (χ0) is 13.3. The Morgan fingerprint density at radius 1 is 1.00 bits per heavy atom. The Morgan fingerprint density at radius 3 is 2.17 bits per heavy atom. The summed E-state index contributed by atoms with van der Waals surface area (Å²) >= 11 is 0. The van der Waals surface area contributed by atoms with Gasteiger partial charge in [-0.2, -0.15) is 0 Å². The molecule has 0 aromatic rings. The summed E-state index contributed by atoms with van der Waals surface area (Å²) < 4.78 is 0. The first kappa shape index (κ1) is 14.3. The van der Waals surface area contributed by atoms with E-state index in [2.05, 4.69) is 18.7 Å². The maximum Gasteiger partial charge on any atom is 0.0938 e. The summed E-state index contributed by atoms with van der Waals surface area (Å²) in [7, 11) is 0. The van der Waals surface area contributed by atoms with Crippen molar-refractivity contribution < 1.29 is 15.3 Å². The van der Waals surface area contributed by atoms with Crippen molar-refractivity contribution in [1.82, 2.24) is 4.90 Å². The Hall–Kier alpha value is -0.160. The highest BCUT2D eigenvalue weighted by Gasteiger charge is 2.35. The van der Waals surface area contributed by atoms with Crippen molar-refractivity contribution in [1.29, 1.82) is 0 Å². The Morgan fingerprint density at radius 2 is 1.61 bits per heavy atom. The average Bonchev–Trinajstić information content (AvgIpc) is 2.61. The van der Waals surface area contributed by atoms with E-state index in [1.54, 1.807) is 0 Å². The monoisotopic (exact) mass is 257 g/mol. The molecule has 0 aromatic heterocycles. The fourth-order valence-corrected chi connectivity index (χ4v) is 3.41. The van der Waals surface area contributed by atoms with Gasteiger partial charge in [-0.15, -0.1) is 0 Å². The fraction of sp³-hybridized carbons (Fsp3) is 1.00. The number of hydrogen-bond donors (Lipinski definition) is 3. The van der Waals surface area contributed by atoms with Crippen molar-refractivity contribution >= 4 is 0 Å². The highest BCUT2D eigenvalue weighted by Crippen LogP contribution is 2.34. The van der Waals surface area contributed by atoms with Crippen LogP contribution in [-0.2, 0) is 0 Å². The molecule has 2 aliphatic rings. The van der Waals surface area contributed by atoms with Gasteiger partial charge in [-0.1, -0.05) is 13.8 Å². The van der Waals surface area contributed by atoms with Gasteiger partial charge in [-0.3, -0.25) is 4.90 Å². The van der Waals surface area contributed by atoms with Crippen LogP contribution in [0.5, 0.6) is 0 Å². The number of aliphatic hydroxyl groups excluding tert-OH is 3. The van der Waals surface area contributed by atoms with E-state index < -0.39 is 12.2 Å². The lowest BCUT2D eigenvalue weighted by Gasteiger charge is -2.37. The van der Waals surface area contributed by atoms with E-state index >= 15 is 0 Å². The van der Waals surface area contributed by atoms with Gasteiger partial charge in [0.15, 0.2) is 0 Å². The molecule has 0 aromatic carbocycles. The summed E-state index contributed by atoms with van der Waals surface area (Å²) in [5, 5.41) is 29.2. The predicted octanol–water partition coefficient (Wildman–Crippen LogP) is 0.457. The summed E-state index contributed by atoms with van der Waals surface area (Å²) in [5.41, 5.74) is 0. The van der Waals surface area contributed by atoms with Gasteiger partial charge < -0.3 is 15.3 Å². The lowest BCUT2D eigenvalue weighted by molar-refractivity contribution is 0.0200. The first-order chi connectivity index (χ1) is 8.47. The van der Waals surface area contributed by atoms with Crippen LogP contribution in [0, 0.1) is 17.8 Å². The van der Waals surface area contributed by atoms with Gasteiger partial charge in [0.2, 0.25) is 0 Å². The lowest BCUT2D eigenvalue weighted by Crippen LogP contribution is -2.39. The predicted molar refractivity (Wildman–Crippen MR) is 70.1 cm³/mol. The molecule has 1 aliphatic carbocycles. The second-order valence-corrected chi connectivity index (χ2v) is 6.50. The van der Waals surface area contributed by atoms with Crippen LogP contribution in [0.4, 0.5) is 0 Å². The van der Waals surface area contributed by atoms with Crippen molar-refractivity contribution in [2.24, 2.45) is 17.8 Å². The summed E-state index contributed by atoms with van der Waals surface area (Å²) in [6.45, 7) is 6.39. The molecule has 1 heterocycles. The molecule has 1 saturated heterocycles. The normalized spacial score (nSPS) is 42.7. The number of rotatable bonds is 3. The molecule has 2 fully saturated rings. The van der Waals surface area contributed by atoms with Crippen LogP contribution >= 0.6 is 0 Å². The smallest absolute Gasteiger partial charge is 0.0938 e. The minimum absolute atomic E-state index is 0.213. The van der Waals surface area contributed by atoms with E-state index in [0.29, 0.717) is 30.8 Å². The van der Waals surface area contributed by atoms with Gasteiger partial charge in [0, 0.05) is 19.6 Å². The molecule has 0 spiro atoms. The maximum atomic E-state index is 10.1. The van der Waals surface area contributed by atoms with Crippen LogP contribution in [0.1, 0.15) is 33.1 Å². The molecule has 0 amide bonds. The number of hydrogen-bond acceptors (Lipinski definition) is 4. The van der Waals surface area contributed by atoms with Crippen LogP contribution in [0.3, 0.4) is 0 Å². The molecule has 3 N–H and O–H groups in total. The maximum absolute atomic E-state index is 10.1. The molecule has 0 bridgehead atoms. The molecular formula is C14H27NO3. The minimum Gasteiger partial charge on any atom is -0.393 e. The highest BCUT2D eigenvalue weighted by atomic mass is 16.3. The van der Waals surface area contributed by atoms with Crippen LogP contribution in [0.25, 0.3) is 0 Å². The quantitative estimate of drug-likeness (QED) is 0.687. The second kappa shape index (κ2) is 5.87. The van der Waals surface area contributed by atoms with Gasteiger partial charge >= 0.3 is 0 Å². The van der Waals surface area contributed by atoms with Crippen LogP contribution in [0.15, 0.2) is 0 Å². The molecular weight excluding hydrogens is 230 g/mol. The fourth-order valence-electron chi connectivity index (χ4n) is 3.41. The molecule has 4 heteroatoms. The van der Waals surface area contributed by atoms with Crippen molar-refractivity contribution in [2.45, 2.75) is 51.4 Å². The molecule has 18 heavy (non-hydrogen) atoms. The zero-order valence-electron chi connectivity index (χ0n) is 11.5. The Bertz CT molecular complexity index is 262. The second-order valence-electron chi connectivity index (χ2n) is 6.50. The third kappa shape index (κ3) is 3.23. The molecule has 1 saturated carbocycles. The van der Waals surface area contributed by atoms with E-state index in [0.717, 1.165) is 25.8 Å². The summed E-state index contributed by atoms with van der Waals surface area (Å²) in [6, 6.07) is 0. The lowest BCUT2D eigenvalue weighted by atomic mass is 9.74. The van der Waals surface area contributed by atoms with Gasteiger partial charge in [-0.25, -0.2) is 0 Å². The topological polar surface area (TPSA) is 63.9 Å². The largest absolute Gasteiger partial charge is 0.393 e. The summed E-state index contributed by atoms with van der Waals surface area (Å²) in [6.07, 6.45) is 1.64. The first-order valence-electron chi connectivity index (χ1n) is 7.24. The molecule has 0 radical (unpaired) electrons. The van der Waals surface area contributed by atoms with Crippen molar-refractivity contribution in [3.8, 4) is 0 Å². The number of aliphatic hydroxyl groups is 3. The van der Waals surface area contributed by atoms with Crippen LogP contribution < -0.4 is 0 Å². The Kier molecular flexibility index (Phi) is 4.64. The standard InChI is InChI=1S/C14H27NO3/c1-9(2)10-3-4-12(16)11(5-10)6-15-7-13(17)14(18)8-15/h9-14,16-18H,3-8H2,1-2H3. The molecule has 5 unspecified atom stereocenters. The molecule has 1 aliphatic heterocycles. The SMILES string of the molecule is CC(C)C1CCC(O)C(CN2CC(O)C(O)C2)C1. The van der Waals surface area contributed by atoms with Gasteiger partial charge in [0.05, 0.1) is 18.3 Å². The van der Waals surface area contributed by atoms with Crippen molar-refractivity contribution in [3.05, 3.63) is 0 Å². The number of nitrogens with zero attached hydrogens (tertiary/aromatic N) is 1. The Labute approximate surface area is 110 Å². The number of likely N-dealkylation sites (tertiary alicyclic amines) is 1. The van der Waals surface area contributed by atoms with E-state index in [1.807, 2.05) is 0 Å². The summed E-state index contributed by atoms with van der Waals surface area (Å²) in [4.78, 5) is 2.09. The van der Waals surface area contributed by atoms with Crippen molar-refractivity contribution in [3.63, 3.8) is 0 Å². The van der Waals surface area contributed by atoms with E-state index in [9.17, 15) is 15.3 Å². The van der Waals surface area contributed by atoms with Gasteiger partial charge in [0.25, 0.3) is 0 Å². The van der Waals surface area contributed by atoms with Crippen molar-refractivity contribution in [2.75, 3.05) is 19.6 Å². The van der Waals surface area contributed by atoms with E-state index in [4.69, 9.17) is 0 Å². The third-order valence-electron chi connectivity index (χ3n) is 4.75. The summed E-state index contributed by atoms with van der Waals surface area (Å²) in [5.74, 6) is 1.68. The molecule has 4 nitrogen and oxygen atoms in total. The van der Waals surface area contributed by atoms with E-state index in [-0.39, 0.29) is 6.10 Å². The zero-order valence-corrected chi connectivity index (χ0v) is 11.5.